The molecule has 1 aromatic heterocycles. The number of ketones is 1. The Morgan fingerprint density at radius 2 is 1.92 bits per heavy atom. The number of unbranched alkanes of at least 4 members (excludes halogenated alkanes) is 3. The summed E-state index contributed by atoms with van der Waals surface area (Å²) in [5.74, 6) is 0.609. The van der Waals surface area contributed by atoms with E-state index in [4.69, 9.17) is 9.72 Å². The van der Waals surface area contributed by atoms with Crippen LogP contribution in [0.3, 0.4) is 0 Å². The highest BCUT2D eigenvalue weighted by Gasteiger charge is 2.18. The standard InChI is InChI=1S/C21H32N2O3/c1-21(2,3)26-19(25)15-18(24)11-7-5-4-6-10-17-13-12-16-9-8-14-22-20(16)23-17/h12-13H,4-11,14-15H2,1-3H3,(H,22,23). The Bertz CT molecular complexity index is 620. The Kier molecular flexibility index (Phi) is 7.61. The van der Waals surface area contributed by atoms with Crippen molar-refractivity contribution in [2.45, 2.75) is 84.2 Å². The van der Waals surface area contributed by atoms with Crippen molar-refractivity contribution in [3.63, 3.8) is 0 Å². The fourth-order valence-corrected chi connectivity index (χ4v) is 3.12. The van der Waals surface area contributed by atoms with Crippen molar-refractivity contribution in [1.29, 1.82) is 0 Å². The number of aryl methyl sites for hydroxylation is 2. The van der Waals surface area contributed by atoms with E-state index in [9.17, 15) is 9.59 Å². The first-order chi connectivity index (χ1) is 12.3. The molecule has 0 aromatic carbocycles. The Morgan fingerprint density at radius 3 is 2.69 bits per heavy atom. The molecule has 0 bridgehead atoms. The Balaban J connectivity index is 1.56. The molecular formula is C21H32N2O3. The first kappa shape index (κ1) is 20.4. The normalized spacial score (nSPS) is 13.7. The molecule has 5 nitrogen and oxygen atoms in total. The molecule has 0 spiro atoms. The van der Waals surface area contributed by atoms with Crippen molar-refractivity contribution in [2.75, 3.05) is 11.9 Å². The van der Waals surface area contributed by atoms with E-state index in [2.05, 4.69) is 17.4 Å². The van der Waals surface area contributed by atoms with Crippen LogP contribution >= 0.6 is 0 Å². The Labute approximate surface area is 156 Å². The van der Waals surface area contributed by atoms with Gasteiger partial charge >= 0.3 is 5.97 Å². The van der Waals surface area contributed by atoms with Crippen LogP contribution in [-0.2, 0) is 27.2 Å². The second kappa shape index (κ2) is 9.70. The largest absolute Gasteiger partial charge is 0.460 e. The quantitative estimate of drug-likeness (QED) is 0.405. The van der Waals surface area contributed by atoms with Crippen LogP contribution in [0.1, 0.15) is 77.0 Å². The van der Waals surface area contributed by atoms with E-state index in [-0.39, 0.29) is 12.2 Å². The topological polar surface area (TPSA) is 68.3 Å². The number of rotatable bonds is 9. The number of carbonyl (C=O) groups excluding carboxylic acids is 2. The van der Waals surface area contributed by atoms with Gasteiger partial charge in [-0.1, -0.05) is 18.9 Å². The minimum Gasteiger partial charge on any atom is -0.460 e. The molecule has 0 aliphatic carbocycles. The summed E-state index contributed by atoms with van der Waals surface area (Å²) in [5.41, 5.74) is 1.93. The fourth-order valence-electron chi connectivity index (χ4n) is 3.12. The van der Waals surface area contributed by atoms with Gasteiger partial charge in [-0.25, -0.2) is 4.98 Å². The summed E-state index contributed by atoms with van der Waals surface area (Å²) < 4.78 is 5.17. The van der Waals surface area contributed by atoms with Gasteiger partial charge in [-0.2, -0.15) is 0 Å². The third-order valence-electron chi connectivity index (χ3n) is 4.35. The molecule has 0 saturated heterocycles. The SMILES string of the molecule is CC(C)(C)OC(=O)CC(=O)CCCCCCc1ccc2c(n1)NCCC2. The summed E-state index contributed by atoms with van der Waals surface area (Å²) in [6, 6.07) is 4.33. The second-order valence-electron chi connectivity index (χ2n) is 8.06. The van der Waals surface area contributed by atoms with E-state index >= 15 is 0 Å². The lowest BCUT2D eigenvalue weighted by Gasteiger charge is -2.19. The Morgan fingerprint density at radius 1 is 1.15 bits per heavy atom. The van der Waals surface area contributed by atoms with Gasteiger partial charge in [-0.15, -0.1) is 0 Å². The average Bonchev–Trinajstić information content (AvgIpc) is 2.56. The van der Waals surface area contributed by atoms with Crippen LogP contribution in [0.2, 0.25) is 0 Å². The van der Waals surface area contributed by atoms with E-state index in [0.29, 0.717) is 6.42 Å². The van der Waals surface area contributed by atoms with Crippen LogP contribution < -0.4 is 5.32 Å². The van der Waals surface area contributed by atoms with Crippen LogP contribution in [0.5, 0.6) is 0 Å². The highest BCUT2D eigenvalue weighted by atomic mass is 16.6. The molecule has 2 rings (SSSR count). The lowest BCUT2D eigenvalue weighted by atomic mass is 10.0. The third kappa shape index (κ3) is 7.54. The first-order valence-corrected chi connectivity index (χ1v) is 9.80. The van der Waals surface area contributed by atoms with Gasteiger partial charge in [0.2, 0.25) is 0 Å². The minimum atomic E-state index is -0.530. The van der Waals surface area contributed by atoms with Crippen LogP contribution in [0, 0.1) is 0 Å². The van der Waals surface area contributed by atoms with Crippen LogP contribution in [0.25, 0.3) is 0 Å². The molecule has 1 aromatic rings. The predicted octanol–water partition coefficient (Wildman–Crippen LogP) is 4.23. The van der Waals surface area contributed by atoms with E-state index in [0.717, 1.165) is 56.6 Å². The maximum absolute atomic E-state index is 11.8. The molecule has 0 unspecified atom stereocenters. The number of hydrogen-bond acceptors (Lipinski definition) is 5. The van der Waals surface area contributed by atoms with Gasteiger partial charge in [0.1, 0.15) is 23.6 Å². The van der Waals surface area contributed by atoms with Gasteiger partial charge in [-0.05, 0) is 64.5 Å². The van der Waals surface area contributed by atoms with Gasteiger partial charge in [0.25, 0.3) is 0 Å². The Hall–Kier alpha value is -1.91. The number of Topliss-reactive ketones (excluding diaryl/α,β-unsaturated/α-hetero) is 1. The zero-order chi connectivity index (χ0) is 19.0. The first-order valence-electron chi connectivity index (χ1n) is 9.80. The molecule has 5 heteroatoms. The maximum atomic E-state index is 11.8. The van der Waals surface area contributed by atoms with Gasteiger partial charge in [0.15, 0.2) is 0 Å². The molecule has 0 atom stereocenters. The fraction of sp³-hybridized carbons (Fsp3) is 0.667. The average molecular weight is 360 g/mol. The van der Waals surface area contributed by atoms with E-state index in [1.807, 2.05) is 20.8 Å². The zero-order valence-electron chi connectivity index (χ0n) is 16.4. The molecular weight excluding hydrogens is 328 g/mol. The molecule has 144 valence electrons. The predicted molar refractivity (Wildman–Crippen MR) is 103 cm³/mol. The highest BCUT2D eigenvalue weighted by Crippen LogP contribution is 2.20. The summed E-state index contributed by atoms with van der Waals surface area (Å²) >= 11 is 0. The van der Waals surface area contributed by atoms with Crippen LogP contribution in [-0.4, -0.2) is 28.9 Å². The number of hydrogen-bond donors (Lipinski definition) is 1. The molecule has 0 saturated carbocycles. The second-order valence-corrected chi connectivity index (χ2v) is 8.06. The number of ether oxygens (including phenoxy) is 1. The van der Waals surface area contributed by atoms with Gasteiger partial charge in [0, 0.05) is 18.7 Å². The van der Waals surface area contributed by atoms with Gasteiger partial charge < -0.3 is 10.1 Å². The summed E-state index contributed by atoms with van der Waals surface area (Å²) in [6.45, 7) is 6.44. The maximum Gasteiger partial charge on any atom is 0.313 e. The molecule has 0 fully saturated rings. The van der Waals surface area contributed by atoms with Crippen molar-refractivity contribution in [3.8, 4) is 0 Å². The van der Waals surface area contributed by atoms with Crippen molar-refractivity contribution in [1.82, 2.24) is 4.98 Å². The van der Waals surface area contributed by atoms with Gasteiger partial charge in [-0.3, -0.25) is 9.59 Å². The highest BCUT2D eigenvalue weighted by molar-refractivity contribution is 5.95. The number of anilines is 1. The van der Waals surface area contributed by atoms with E-state index < -0.39 is 11.6 Å². The lowest BCUT2D eigenvalue weighted by molar-refractivity contribution is -0.156. The molecule has 1 N–H and O–H groups in total. The zero-order valence-corrected chi connectivity index (χ0v) is 16.4. The number of fused-ring (bicyclic) bond motifs is 1. The molecule has 0 radical (unpaired) electrons. The molecule has 1 aliphatic rings. The number of esters is 1. The van der Waals surface area contributed by atoms with Crippen molar-refractivity contribution >= 4 is 17.6 Å². The smallest absolute Gasteiger partial charge is 0.313 e. The molecule has 0 amide bonds. The van der Waals surface area contributed by atoms with Crippen molar-refractivity contribution in [2.24, 2.45) is 0 Å². The number of nitrogens with one attached hydrogen (secondary N) is 1. The summed E-state index contributed by atoms with van der Waals surface area (Å²) in [4.78, 5) is 28.1. The van der Waals surface area contributed by atoms with Crippen molar-refractivity contribution < 1.29 is 14.3 Å². The molecule has 2 heterocycles. The van der Waals surface area contributed by atoms with E-state index in [1.165, 1.54) is 12.0 Å². The number of nitrogens with zero attached hydrogens (tertiary/aromatic N) is 1. The third-order valence-corrected chi connectivity index (χ3v) is 4.35. The minimum absolute atomic E-state index is 0.0262. The number of aromatic nitrogens is 1. The van der Waals surface area contributed by atoms with Crippen LogP contribution in [0.15, 0.2) is 12.1 Å². The van der Waals surface area contributed by atoms with E-state index in [1.54, 1.807) is 0 Å². The van der Waals surface area contributed by atoms with Crippen LogP contribution in [0.4, 0.5) is 5.82 Å². The number of carbonyl (C=O) groups is 2. The molecule has 1 aliphatic heterocycles. The lowest BCUT2D eigenvalue weighted by Crippen LogP contribution is -2.25. The number of pyridine rings is 1. The summed E-state index contributed by atoms with van der Waals surface area (Å²) in [5, 5.41) is 3.37. The van der Waals surface area contributed by atoms with Gasteiger partial charge in [0.05, 0.1) is 0 Å². The molecule has 26 heavy (non-hydrogen) atoms. The summed E-state index contributed by atoms with van der Waals surface area (Å²) in [7, 11) is 0. The monoisotopic (exact) mass is 360 g/mol. The van der Waals surface area contributed by atoms with Crippen molar-refractivity contribution in [3.05, 3.63) is 23.4 Å². The summed E-state index contributed by atoms with van der Waals surface area (Å²) in [6.07, 6.45) is 7.61.